The van der Waals surface area contributed by atoms with Gasteiger partial charge in [0.15, 0.2) is 0 Å². The lowest BCUT2D eigenvalue weighted by molar-refractivity contribution is 0.406. The largest absolute Gasteiger partial charge is 0.509 e. The Balaban J connectivity index is 1.80. The molecule has 4 aromatic rings. The van der Waals surface area contributed by atoms with Gasteiger partial charge in [0.1, 0.15) is 19.6 Å². The molecule has 0 spiro atoms. The van der Waals surface area contributed by atoms with Crippen LogP contribution in [-0.2, 0) is 4.57 Å². The maximum atomic E-state index is 14.4. The van der Waals surface area contributed by atoms with Gasteiger partial charge in [-0.3, -0.25) is 0 Å². The average molecular weight is 513 g/mol. The predicted octanol–water partition coefficient (Wildman–Crippen LogP) is 9.80. The molecule has 0 atom stereocenters. The minimum absolute atomic E-state index is 0.413. The highest BCUT2D eigenvalue weighted by Gasteiger charge is 2.43. The standard InChI is InChI=1S/C31H33O3PSi/c1-21(2)36(22(3)4,23(5)6)20-19-35(32)33-28-17-15-24-11-7-9-13-26(24)30(28)31-27-14-10-8-12-25(27)16-18-29(31)34-35/h7-18,21-23H,1-6H3. The third-order valence-electron chi connectivity index (χ3n) is 7.74. The average Bonchev–Trinajstić information content (AvgIpc) is 2.97. The van der Waals surface area contributed by atoms with Crippen molar-refractivity contribution in [2.75, 3.05) is 0 Å². The molecule has 0 fully saturated rings. The van der Waals surface area contributed by atoms with Crippen molar-refractivity contribution in [3.63, 3.8) is 0 Å². The molecule has 0 amide bonds. The summed E-state index contributed by atoms with van der Waals surface area (Å²) in [6, 6.07) is 24.3. The van der Waals surface area contributed by atoms with Gasteiger partial charge in [-0.05, 0) is 50.3 Å². The number of fused-ring (bicyclic) bond motifs is 7. The van der Waals surface area contributed by atoms with E-state index < -0.39 is 15.7 Å². The SMILES string of the molecule is CC(C)[Si](C#CP1(=O)Oc2ccc3ccccc3c2-c2c(ccc3ccccc23)O1)(C(C)C)C(C)C. The molecule has 0 N–H and O–H groups in total. The highest BCUT2D eigenvalue weighted by Crippen LogP contribution is 2.58. The van der Waals surface area contributed by atoms with Gasteiger partial charge >= 0.3 is 7.60 Å². The van der Waals surface area contributed by atoms with Gasteiger partial charge in [-0.15, -0.1) is 5.54 Å². The fourth-order valence-corrected chi connectivity index (χ4v) is 13.2. The molecule has 4 aromatic carbocycles. The van der Waals surface area contributed by atoms with Gasteiger partial charge < -0.3 is 9.05 Å². The molecule has 36 heavy (non-hydrogen) atoms. The number of benzene rings is 4. The molecule has 0 saturated carbocycles. The summed E-state index contributed by atoms with van der Waals surface area (Å²) in [7, 11) is -5.96. The molecule has 1 aliphatic heterocycles. The van der Waals surface area contributed by atoms with Gasteiger partial charge in [0.25, 0.3) is 0 Å². The second-order valence-electron chi connectivity index (χ2n) is 10.6. The smallest absolute Gasteiger partial charge is 0.406 e. The summed E-state index contributed by atoms with van der Waals surface area (Å²) in [5, 5.41) is 4.25. The lowest BCUT2D eigenvalue weighted by Crippen LogP contribution is -2.43. The topological polar surface area (TPSA) is 35.5 Å². The van der Waals surface area contributed by atoms with Gasteiger partial charge in [-0.25, -0.2) is 4.57 Å². The van der Waals surface area contributed by atoms with Crippen LogP contribution in [0.5, 0.6) is 11.5 Å². The molecule has 0 saturated heterocycles. The summed E-state index contributed by atoms with van der Waals surface area (Å²) in [6.07, 6.45) is 0. The van der Waals surface area contributed by atoms with Gasteiger partial charge in [-0.2, -0.15) is 0 Å². The van der Waals surface area contributed by atoms with Crippen LogP contribution in [-0.4, -0.2) is 8.07 Å². The minimum Gasteiger partial charge on any atom is -0.406 e. The zero-order valence-electron chi connectivity index (χ0n) is 21.8. The Morgan fingerprint density at radius 1 is 0.639 bits per heavy atom. The summed E-state index contributed by atoms with van der Waals surface area (Å²) in [6.45, 7) is 13.5. The van der Waals surface area contributed by atoms with Crippen molar-refractivity contribution in [1.82, 2.24) is 0 Å². The molecule has 184 valence electrons. The Kier molecular flexibility index (Phi) is 6.27. The van der Waals surface area contributed by atoms with Crippen molar-refractivity contribution in [2.24, 2.45) is 0 Å². The summed E-state index contributed by atoms with van der Waals surface area (Å²) in [4.78, 5) is 0. The van der Waals surface area contributed by atoms with Crippen molar-refractivity contribution >= 4 is 37.2 Å². The molecule has 0 aliphatic carbocycles. The molecule has 5 heteroatoms. The van der Waals surface area contributed by atoms with E-state index in [9.17, 15) is 4.57 Å². The lowest BCUT2D eigenvalue weighted by Gasteiger charge is -2.38. The Labute approximate surface area is 215 Å². The van der Waals surface area contributed by atoms with E-state index in [0.717, 1.165) is 32.7 Å². The fourth-order valence-electron chi connectivity index (χ4n) is 6.09. The summed E-state index contributed by atoms with van der Waals surface area (Å²) < 4.78 is 27.0. The Morgan fingerprint density at radius 2 is 1.06 bits per heavy atom. The normalized spacial score (nSPS) is 14.6. The van der Waals surface area contributed by atoms with Crippen LogP contribution in [0.25, 0.3) is 32.7 Å². The summed E-state index contributed by atoms with van der Waals surface area (Å²) >= 11 is 0. The second kappa shape index (κ2) is 9.15. The van der Waals surface area contributed by atoms with Crippen LogP contribution in [0.3, 0.4) is 0 Å². The molecule has 0 aromatic heterocycles. The van der Waals surface area contributed by atoms with Crippen LogP contribution in [0.15, 0.2) is 72.8 Å². The number of hydrogen-bond acceptors (Lipinski definition) is 3. The quantitative estimate of drug-likeness (QED) is 0.156. The first-order valence-corrected chi connectivity index (χ1v) is 16.5. The van der Waals surface area contributed by atoms with E-state index in [4.69, 9.17) is 9.05 Å². The van der Waals surface area contributed by atoms with E-state index >= 15 is 0 Å². The van der Waals surface area contributed by atoms with Gasteiger partial charge in [-0.1, -0.05) is 102 Å². The van der Waals surface area contributed by atoms with Gasteiger partial charge in [0.2, 0.25) is 0 Å². The molecule has 5 rings (SSSR count). The maximum absolute atomic E-state index is 14.4. The zero-order valence-corrected chi connectivity index (χ0v) is 23.7. The van der Waals surface area contributed by atoms with Crippen LogP contribution in [0, 0.1) is 11.2 Å². The Bertz CT molecular complexity index is 1460. The first-order chi connectivity index (χ1) is 17.2. The maximum Gasteiger partial charge on any atom is 0.509 e. The monoisotopic (exact) mass is 512 g/mol. The van der Waals surface area contributed by atoms with E-state index in [-0.39, 0.29) is 0 Å². The molecule has 1 heterocycles. The molecule has 3 nitrogen and oxygen atoms in total. The fraction of sp³-hybridized carbons (Fsp3) is 0.290. The predicted molar refractivity (Wildman–Crippen MR) is 155 cm³/mol. The third-order valence-corrected chi connectivity index (χ3v) is 15.5. The van der Waals surface area contributed by atoms with E-state index in [2.05, 4.69) is 77.0 Å². The van der Waals surface area contributed by atoms with Crippen molar-refractivity contribution in [3.05, 3.63) is 72.8 Å². The molecular weight excluding hydrogens is 479 g/mol. The van der Waals surface area contributed by atoms with E-state index in [1.165, 1.54) is 0 Å². The highest BCUT2D eigenvalue weighted by molar-refractivity contribution is 7.60. The summed E-state index contributed by atoms with van der Waals surface area (Å²) in [5.41, 5.74) is 9.75. The number of hydrogen-bond donors (Lipinski definition) is 0. The van der Waals surface area contributed by atoms with Crippen molar-refractivity contribution < 1.29 is 13.6 Å². The second-order valence-corrected chi connectivity index (χ2v) is 17.8. The van der Waals surface area contributed by atoms with Gasteiger partial charge in [0, 0.05) is 16.8 Å². The molecule has 0 bridgehead atoms. The van der Waals surface area contributed by atoms with Crippen LogP contribution in [0.4, 0.5) is 0 Å². The third kappa shape index (κ3) is 3.96. The van der Waals surface area contributed by atoms with Crippen LogP contribution in [0.2, 0.25) is 16.6 Å². The Hall–Kier alpha value is -2.99. The van der Waals surface area contributed by atoms with Crippen molar-refractivity contribution in [2.45, 2.75) is 58.2 Å². The van der Waals surface area contributed by atoms with Crippen molar-refractivity contribution in [3.8, 4) is 33.8 Å². The number of rotatable bonds is 3. The lowest BCUT2D eigenvalue weighted by atomic mass is 9.92. The van der Waals surface area contributed by atoms with E-state index in [1.54, 1.807) is 0 Å². The van der Waals surface area contributed by atoms with Crippen LogP contribution < -0.4 is 9.05 Å². The van der Waals surface area contributed by atoms with E-state index in [1.807, 2.05) is 48.5 Å². The molecular formula is C31H33O3PSi. The van der Waals surface area contributed by atoms with Crippen LogP contribution in [0.1, 0.15) is 41.5 Å². The zero-order chi connectivity index (χ0) is 25.7. The first-order valence-electron chi connectivity index (χ1n) is 12.7. The van der Waals surface area contributed by atoms with Crippen LogP contribution >= 0.6 is 7.60 Å². The highest BCUT2D eigenvalue weighted by atomic mass is 31.2. The molecule has 1 aliphatic rings. The first kappa shape index (κ1) is 24.7. The summed E-state index contributed by atoms with van der Waals surface area (Å²) in [5.74, 6) is 1.10. The van der Waals surface area contributed by atoms with E-state index in [0.29, 0.717) is 28.1 Å². The minimum atomic E-state index is -3.82. The molecule has 0 radical (unpaired) electrons. The Morgan fingerprint density at radius 3 is 1.47 bits per heavy atom. The van der Waals surface area contributed by atoms with Crippen molar-refractivity contribution in [1.29, 1.82) is 0 Å². The van der Waals surface area contributed by atoms with Gasteiger partial charge in [0.05, 0.1) is 0 Å². The molecule has 0 unspecified atom stereocenters.